The molecule has 4 N–H and O–H groups in total. The Labute approximate surface area is 165 Å². The number of aliphatic hydroxyl groups excluding tert-OH is 1. The van der Waals surface area contributed by atoms with E-state index >= 15 is 0 Å². The Morgan fingerprint density at radius 3 is 2.46 bits per heavy atom. The van der Waals surface area contributed by atoms with Gasteiger partial charge in [-0.3, -0.25) is 9.59 Å². The van der Waals surface area contributed by atoms with Crippen molar-refractivity contribution in [2.75, 3.05) is 6.61 Å². The van der Waals surface area contributed by atoms with Crippen LogP contribution in [0.3, 0.4) is 0 Å². The topological polar surface area (TPSA) is 92.4 Å². The smallest absolute Gasteiger partial charge is 0.251 e. The molecule has 0 aliphatic heterocycles. The van der Waals surface area contributed by atoms with Gasteiger partial charge in [-0.05, 0) is 49.1 Å². The summed E-state index contributed by atoms with van der Waals surface area (Å²) in [5.74, 6) is 6.44. The summed E-state index contributed by atoms with van der Waals surface area (Å²) >= 11 is 0. The first-order valence-corrected chi connectivity index (χ1v) is 9.36. The Balaban J connectivity index is 1.60. The number of carbonyl (C=O) groups excluding carboxylic acids is 2. The zero-order chi connectivity index (χ0) is 20.1. The fourth-order valence-corrected chi connectivity index (χ4v) is 3.13. The summed E-state index contributed by atoms with van der Waals surface area (Å²) in [5.41, 5.74) is 8.31. The molecular formula is C23H24N2O3. The number of nitrogens with one attached hydrogen (secondary N) is 1. The number of nitrogens with two attached hydrogens (primary N) is 1. The maximum Gasteiger partial charge on any atom is 0.251 e. The van der Waals surface area contributed by atoms with Gasteiger partial charge in [0.05, 0.1) is 0 Å². The summed E-state index contributed by atoms with van der Waals surface area (Å²) < 4.78 is 0. The molecule has 0 heterocycles. The molecule has 2 unspecified atom stereocenters. The molecule has 0 spiro atoms. The van der Waals surface area contributed by atoms with E-state index in [1.165, 1.54) is 5.56 Å². The van der Waals surface area contributed by atoms with E-state index in [-0.39, 0.29) is 0 Å². The van der Waals surface area contributed by atoms with Gasteiger partial charge in [0, 0.05) is 23.1 Å². The summed E-state index contributed by atoms with van der Waals surface area (Å²) in [6.45, 7) is 0.948. The highest BCUT2D eigenvalue weighted by molar-refractivity contribution is 5.98. The molecule has 5 heteroatoms. The van der Waals surface area contributed by atoms with Crippen LogP contribution in [0.25, 0.3) is 0 Å². The minimum absolute atomic E-state index is 0.377. The van der Waals surface area contributed by atoms with E-state index in [9.17, 15) is 9.59 Å². The summed E-state index contributed by atoms with van der Waals surface area (Å²) in [5, 5.41) is 11.6. The maximum atomic E-state index is 12.3. The van der Waals surface area contributed by atoms with Crippen LogP contribution in [0.5, 0.6) is 0 Å². The van der Waals surface area contributed by atoms with Gasteiger partial charge in [-0.2, -0.15) is 0 Å². The lowest BCUT2D eigenvalue weighted by Crippen LogP contribution is -2.52. The second kappa shape index (κ2) is 8.83. The van der Waals surface area contributed by atoms with Crippen LogP contribution in [0.15, 0.2) is 54.6 Å². The zero-order valence-electron chi connectivity index (χ0n) is 15.8. The van der Waals surface area contributed by atoms with Crippen molar-refractivity contribution < 1.29 is 14.7 Å². The van der Waals surface area contributed by atoms with Crippen molar-refractivity contribution in [3.8, 4) is 11.8 Å². The Kier molecular flexibility index (Phi) is 6.25. The van der Waals surface area contributed by atoms with Crippen molar-refractivity contribution in [3.05, 3.63) is 71.3 Å². The normalized spacial score (nSPS) is 19.7. The molecule has 2 aromatic carbocycles. The molecule has 1 amide bonds. The zero-order valence-corrected chi connectivity index (χ0v) is 15.8. The number of Topliss-reactive ketones (excluding diaryl/α,β-unsaturated/α-hetero) is 1. The van der Waals surface area contributed by atoms with Crippen LogP contribution >= 0.6 is 0 Å². The van der Waals surface area contributed by atoms with E-state index in [0.717, 1.165) is 12.0 Å². The molecule has 28 heavy (non-hydrogen) atoms. The molecule has 144 valence electrons. The minimum Gasteiger partial charge on any atom is -0.388 e. The van der Waals surface area contributed by atoms with Gasteiger partial charge >= 0.3 is 0 Å². The standard InChI is InChI=1S/C23H24N2O3/c1-15(24)22(21(27)14-26)25-23(28)18-10-7-16(8-11-18)9-12-19-13-20(19)17-5-3-2-4-6-17/h2-8,10-11,15,19-20,22,26H,13-14,24H2,1H3,(H,25,28)/t15-,19?,20?,22+/m1/s1. The van der Waals surface area contributed by atoms with Gasteiger partial charge in [-0.1, -0.05) is 42.2 Å². The number of amides is 1. The largest absolute Gasteiger partial charge is 0.388 e. The Morgan fingerprint density at radius 1 is 1.18 bits per heavy atom. The SMILES string of the molecule is C[C@@H](N)[C@H](NC(=O)c1ccc(C#CC2CC2c2ccccc2)cc1)C(=O)CO. The van der Waals surface area contributed by atoms with Crippen molar-refractivity contribution in [2.24, 2.45) is 11.7 Å². The number of hydrogen-bond donors (Lipinski definition) is 3. The fraction of sp³-hybridized carbons (Fsp3) is 0.304. The van der Waals surface area contributed by atoms with Gasteiger partial charge < -0.3 is 16.2 Å². The summed E-state index contributed by atoms with van der Waals surface area (Å²) in [7, 11) is 0. The average Bonchev–Trinajstić information content (AvgIpc) is 3.50. The quantitative estimate of drug-likeness (QED) is 0.671. The molecule has 3 rings (SSSR count). The van der Waals surface area contributed by atoms with Crippen molar-refractivity contribution in [1.82, 2.24) is 5.32 Å². The van der Waals surface area contributed by atoms with Crippen LogP contribution in [0.2, 0.25) is 0 Å². The number of hydrogen-bond acceptors (Lipinski definition) is 4. The molecule has 5 nitrogen and oxygen atoms in total. The number of benzene rings is 2. The first-order valence-electron chi connectivity index (χ1n) is 9.36. The molecule has 4 atom stereocenters. The second-order valence-electron chi connectivity index (χ2n) is 7.14. The minimum atomic E-state index is -0.915. The highest BCUT2D eigenvalue weighted by Crippen LogP contribution is 2.46. The third kappa shape index (κ3) is 4.86. The predicted octanol–water partition coefficient (Wildman–Crippen LogP) is 1.85. The van der Waals surface area contributed by atoms with Crippen LogP contribution < -0.4 is 11.1 Å². The monoisotopic (exact) mass is 376 g/mol. The number of rotatable bonds is 6. The molecular weight excluding hydrogens is 352 g/mol. The predicted molar refractivity (Wildman–Crippen MR) is 108 cm³/mol. The molecule has 0 saturated heterocycles. The lowest BCUT2D eigenvalue weighted by molar-refractivity contribution is -0.123. The van der Waals surface area contributed by atoms with Crippen LogP contribution in [-0.4, -0.2) is 35.5 Å². The van der Waals surface area contributed by atoms with Crippen LogP contribution in [0, 0.1) is 17.8 Å². The van der Waals surface area contributed by atoms with E-state index < -0.39 is 30.4 Å². The van der Waals surface area contributed by atoms with E-state index in [2.05, 4.69) is 29.3 Å². The Bertz CT molecular complexity index is 895. The Hall–Kier alpha value is -2.94. The van der Waals surface area contributed by atoms with Crippen molar-refractivity contribution in [1.29, 1.82) is 0 Å². The van der Waals surface area contributed by atoms with E-state index in [0.29, 0.717) is 17.4 Å². The molecule has 0 aromatic heterocycles. The van der Waals surface area contributed by atoms with Crippen LogP contribution in [0.1, 0.15) is 40.7 Å². The van der Waals surface area contributed by atoms with Crippen molar-refractivity contribution >= 4 is 11.7 Å². The Morgan fingerprint density at radius 2 is 1.86 bits per heavy atom. The highest BCUT2D eigenvalue weighted by atomic mass is 16.3. The summed E-state index contributed by atoms with van der Waals surface area (Å²) in [4.78, 5) is 24.0. The first kappa shape index (κ1) is 19.8. The van der Waals surface area contributed by atoms with Gasteiger partial charge in [0.15, 0.2) is 5.78 Å². The van der Waals surface area contributed by atoms with E-state index in [1.807, 2.05) is 18.2 Å². The maximum absolute atomic E-state index is 12.3. The third-order valence-corrected chi connectivity index (χ3v) is 4.88. The molecule has 1 saturated carbocycles. The number of ketones is 1. The molecule has 1 fully saturated rings. The summed E-state index contributed by atoms with van der Waals surface area (Å²) in [6.07, 6.45) is 1.08. The molecule has 1 aliphatic rings. The lowest BCUT2D eigenvalue weighted by atomic mass is 10.0. The van der Waals surface area contributed by atoms with Gasteiger partial charge in [0.1, 0.15) is 12.6 Å². The van der Waals surface area contributed by atoms with Gasteiger partial charge in [-0.25, -0.2) is 0 Å². The lowest BCUT2D eigenvalue weighted by Gasteiger charge is -2.20. The van der Waals surface area contributed by atoms with Gasteiger partial charge in [-0.15, -0.1) is 0 Å². The van der Waals surface area contributed by atoms with Crippen LogP contribution in [-0.2, 0) is 4.79 Å². The van der Waals surface area contributed by atoms with Crippen LogP contribution in [0.4, 0.5) is 0 Å². The number of carbonyl (C=O) groups is 2. The molecule has 0 radical (unpaired) electrons. The van der Waals surface area contributed by atoms with Crippen molar-refractivity contribution in [2.45, 2.75) is 31.3 Å². The van der Waals surface area contributed by atoms with E-state index in [4.69, 9.17) is 10.8 Å². The first-order chi connectivity index (χ1) is 13.5. The number of aliphatic hydroxyl groups is 1. The summed E-state index contributed by atoms with van der Waals surface area (Å²) in [6, 6.07) is 15.8. The third-order valence-electron chi connectivity index (χ3n) is 4.88. The molecule has 1 aliphatic carbocycles. The molecule has 0 bridgehead atoms. The van der Waals surface area contributed by atoms with Gasteiger partial charge in [0.25, 0.3) is 5.91 Å². The van der Waals surface area contributed by atoms with E-state index in [1.54, 1.807) is 31.2 Å². The van der Waals surface area contributed by atoms with Crippen molar-refractivity contribution in [3.63, 3.8) is 0 Å². The second-order valence-corrected chi connectivity index (χ2v) is 7.14. The average molecular weight is 376 g/mol. The molecule has 2 aromatic rings. The fourth-order valence-electron chi connectivity index (χ4n) is 3.13. The highest BCUT2D eigenvalue weighted by Gasteiger charge is 2.36. The van der Waals surface area contributed by atoms with Gasteiger partial charge in [0.2, 0.25) is 0 Å².